The number of anilines is 2. The van der Waals surface area contributed by atoms with Gasteiger partial charge in [-0.15, -0.1) is 0 Å². The fraction of sp³-hybridized carbons (Fsp3) is 0.421. The predicted molar refractivity (Wildman–Crippen MR) is 106 cm³/mol. The van der Waals surface area contributed by atoms with E-state index in [4.69, 9.17) is 11.6 Å². The van der Waals surface area contributed by atoms with Gasteiger partial charge >= 0.3 is 6.18 Å². The zero-order valence-electron chi connectivity index (χ0n) is 16.0. The maximum Gasteiger partial charge on any atom is 0.416 e. The second-order valence-electron chi connectivity index (χ2n) is 7.52. The molecule has 0 spiro atoms. The fourth-order valence-electron chi connectivity index (χ4n) is 3.97. The first-order chi connectivity index (χ1) is 14.1. The third-order valence-electron chi connectivity index (χ3n) is 5.57. The minimum Gasteiger partial charge on any atom is -0.366 e. The van der Waals surface area contributed by atoms with Crippen LogP contribution in [0, 0.1) is 0 Å². The number of piperidine rings is 1. The van der Waals surface area contributed by atoms with Crippen molar-refractivity contribution in [3.05, 3.63) is 51.4 Å². The van der Waals surface area contributed by atoms with Gasteiger partial charge in [0, 0.05) is 37.9 Å². The summed E-state index contributed by atoms with van der Waals surface area (Å²) in [6.45, 7) is 1.37. The van der Waals surface area contributed by atoms with Gasteiger partial charge in [0.1, 0.15) is 5.02 Å². The number of fused-ring (bicyclic) bond motifs is 2. The number of carbonyl (C=O) groups excluding carboxylic acids is 1. The molecule has 3 aliphatic heterocycles. The molecule has 3 saturated heterocycles. The Bertz CT molecular complexity index is 1010. The molecular weight excluding hydrogens is 423 g/mol. The fourth-order valence-corrected chi connectivity index (χ4v) is 4.26. The predicted octanol–water partition coefficient (Wildman–Crippen LogP) is 2.35. The third-order valence-corrected chi connectivity index (χ3v) is 5.92. The quantitative estimate of drug-likeness (QED) is 0.788. The Morgan fingerprint density at radius 2 is 1.87 bits per heavy atom. The summed E-state index contributed by atoms with van der Waals surface area (Å²) in [5, 5.41) is 6.78. The van der Waals surface area contributed by atoms with Gasteiger partial charge in [0.25, 0.3) is 5.56 Å². The number of alkyl halides is 3. The van der Waals surface area contributed by atoms with Crippen molar-refractivity contribution in [2.24, 2.45) is 7.05 Å². The molecule has 1 N–H and O–H groups in total. The molecule has 1 aromatic heterocycles. The Morgan fingerprint density at radius 3 is 2.47 bits per heavy atom. The van der Waals surface area contributed by atoms with Crippen LogP contribution in [0.1, 0.15) is 12.0 Å². The topological polar surface area (TPSA) is 70.5 Å². The molecule has 3 aliphatic rings. The number of piperazine rings is 1. The highest BCUT2D eigenvalue weighted by molar-refractivity contribution is 6.33. The SMILES string of the molecule is Cn1ncc(N2CC3CC(C2)N3CC(=O)Nc2ccc(C(F)(F)F)cc2)c(Cl)c1=O. The van der Waals surface area contributed by atoms with Crippen molar-refractivity contribution in [3.8, 4) is 0 Å². The highest BCUT2D eigenvalue weighted by Crippen LogP contribution is 2.36. The van der Waals surface area contributed by atoms with Crippen LogP contribution in [0.5, 0.6) is 0 Å². The van der Waals surface area contributed by atoms with Gasteiger partial charge in [0.05, 0.1) is 24.0 Å². The number of rotatable bonds is 4. The summed E-state index contributed by atoms with van der Waals surface area (Å²) in [4.78, 5) is 28.4. The van der Waals surface area contributed by atoms with E-state index in [-0.39, 0.29) is 35.1 Å². The van der Waals surface area contributed by atoms with E-state index in [0.29, 0.717) is 24.5 Å². The zero-order valence-corrected chi connectivity index (χ0v) is 16.7. The molecule has 3 fully saturated rings. The van der Waals surface area contributed by atoms with Crippen LogP contribution in [0.15, 0.2) is 35.3 Å². The van der Waals surface area contributed by atoms with Gasteiger partial charge in [-0.05, 0) is 30.7 Å². The van der Waals surface area contributed by atoms with Crippen molar-refractivity contribution in [1.29, 1.82) is 0 Å². The van der Waals surface area contributed by atoms with E-state index in [9.17, 15) is 22.8 Å². The maximum atomic E-state index is 12.6. The number of aromatic nitrogens is 2. The number of hydrogen-bond acceptors (Lipinski definition) is 5. The smallest absolute Gasteiger partial charge is 0.366 e. The van der Waals surface area contributed by atoms with Crippen LogP contribution in [0.2, 0.25) is 5.02 Å². The lowest BCUT2D eigenvalue weighted by atomic mass is 9.87. The second-order valence-corrected chi connectivity index (χ2v) is 7.89. The maximum absolute atomic E-state index is 12.6. The average molecular weight is 442 g/mol. The molecule has 0 saturated carbocycles. The molecule has 7 nitrogen and oxygen atoms in total. The molecule has 2 unspecified atom stereocenters. The molecule has 30 heavy (non-hydrogen) atoms. The van der Waals surface area contributed by atoms with Crippen LogP contribution in [-0.2, 0) is 18.0 Å². The molecule has 1 aromatic carbocycles. The summed E-state index contributed by atoms with van der Waals surface area (Å²) in [5.41, 5.74) is -0.218. The summed E-state index contributed by atoms with van der Waals surface area (Å²) in [6, 6.07) is 4.61. The normalized spacial score (nSPS) is 21.3. The van der Waals surface area contributed by atoms with Gasteiger partial charge in [-0.1, -0.05) is 11.6 Å². The monoisotopic (exact) mass is 441 g/mol. The number of nitrogens with zero attached hydrogens (tertiary/aromatic N) is 4. The number of benzene rings is 1. The number of aryl methyl sites for hydroxylation is 1. The van der Waals surface area contributed by atoms with E-state index >= 15 is 0 Å². The Kier molecular flexibility index (Phi) is 5.23. The third kappa shape index (κ3) is 3.89. The first-order valence-electron chi connectivity index (χ1n) is 9.33. The summed E-state index contributed by atoms with van der Waals surface area (Å²) in [6.07, 6.45) is -1.92. The van der Waals surface area contributed by atoms with E-state index in [2.05, 4.69) is 15.3 Å². The van der Waals surface area contributed by atoms with Crippen molar-refractivity contribution < 1.29 is 18.0 Å². The Morgan fingerprint density at radius 1 is 1.23 bits per heavy atom. The van der Waals surface area contributed by atoms with Crippen LogP contribution in [0.4, 0.5) is 24.5 Å². The van der Waals surface area contributed by atoms with Gasteiger partial charge in [-0.3, -0.25) is 14.5 Å². The largest absolute Gasteiger partial charge is 0.416 e. The summed E-state index contributed by atoms with van der Waals surface area (Å²) < 4.78 is 39.1. The van der Waals surface area contributed by atoms with Gasteiger partial charge < -0.3 is 10.2 Å². The number of nitrogens with one attached hydrogen (secondary N) is 1. The minimum absolute atomic E-state index is 0.125. The first kappa shape index (κ1) is 20.7. The van der Waals surface area contributed by atoms with Gasteiger partial charge in [-0.2, -0.15) is 18.3 Å². The summed E-state index contributed by atoms with van der Waals surface area (Å²) >= 11 is 6.18. The molecule has 160 valence electrons. The molecule has 4 heterocycles. The van der Waals surface area contributed by atoms with Crippen LogP contribution < -0.4 is 15.8 Å². The van der Waals surface area contributed by atoms with Crippen LogP contribution >= 0.6 is 11.6 Å². The Balaban J connectivity index is 1.35. The highest BCUT2D eigenvalue weighted by atomic mass is 35.5. The van der Waals surface area contributed by atoms with Crippen molar-refractivity contribution in [2.45, 2.75) is 24.7 Å². The van der Waals surface area contributed by atoms with Gasteiger partial charge in [-0.25, -0.2) is 4.68 Å². The van der Waals surface area contributed by atoms with E-state index in [1.807, 2.05) is 4.90 Å². The van der Waals surface area contributed by atoms with E-state index in [0.717, 1.165) is 18.6 Å². The lowest BCUT2D eigenvalue weighted by molar-refractivity contribution is -0.137. The Labute approximate surface area is 175 Å². The molecule has 5 rings (SSSR count). The minimum atomic E-state index is -4.41. The molecule has 2 bridgehead atoms. The van der Waals surface area contributed by atoms with Crippen LogP contribution in [0.3, 0.4) is 0 Å². The van der Waals surface area contributed by atoms with Crippen molar-refractivity contribution in [1.82, 2.24) is 14.7 Å². The first-order valence-corrected chi connectivity index (χ1v) is 9.71. The Hall–Kier alpha value is -2.59. The van der Waals surface area contributed by atoms with Crippen LogP contribution in [-0.4, -0.2) is 52.3 Å². The van der Waals surface area contributed by atoms with Crippen molar-refractivity contribution in [2.75, 3.05) is 29.9 Å². The molecule has 1 amide bonds. The number of carbonyl (C=O) groups is 1. The second kappa shape index (κ2) is 7.59. The van der Waals surface area contributed by atoms with Crippen LogP contribution in [0.25, 0.3) is 0 Å². The number of halogens is 4. The molecule has 2 atom stereocenters. The van der Waals surface area contributed by atoms with E-state index in [1.165, 1.54) is 23.9 Å². The average Bonchev–Trinajstić information content (AvgIpc) is 2.70. The summed E-state index contributed by atoms with van der Waals surface area (Å²) in [7, 11) is 1.53. The molecule has 0 radical (unpaired) electrons. The van der Waals surface area contributed by atoms with E-state index < -0.39 is 11.7 Å². The van der Waals surface area contributed by atoms with Crippen molar-refractivity contribution in [3.63, 3.8) is 0 Å². The lowest BCUT2D eigenvalue weighted by Crippen LogP contribution is -2.69. The van der Waals surface area contributed by atoms with E-state index in [1.54, 1.807) is 6.20 Å². The van der Waals surface area contributed by atoms with Crippen molar-refractivity contribution >= 4 is 28.9 Å². The number of amides is 1. The zero-order chi connectivity index (χ0) is 21.6. The lowest BCUT2D eigenvalue weighted by Gasteiger charge is -2.56. The molecule has 2 aromatic rings. The highest BCUT2D eigenvalue weighted by Gasteiger charge is 2.45. The number of hydrogen-bond donors (Lipinski definition) is 1. The standard InChI is InChI=1S/C19H19ClF3N5O2/c1-26-18(30)17(20)15(7-24-26)27-8-13-6-14(9-27)28(13)10-16(29)25-12-4-2-11(3-5-12)19(21,22)23/h2-5,7,13-14H,6,8-10H2,1H3,(H,25,29). The molecule has 11 heteroatoms. The molecule has 0 aliphatic carbocycles. The van der Waals surface area contributed by atoms with Gasteiger partial charge in [0.2, 0.25) is 5.91 Å². The summed E-state index contributed by atoms with van der Waals surface area (Å²) in [5.74, 6) is -0.286. The van der Waals surface area contributed by atoms with Gasteiger partial charge in [0.15, 0.2) is 0 Å². The molecular formula is C19H19ClF3N5O2.